The molecule has 6 heteroatoms. The highest BCUT2D eigenvalue weighted by Crippen LogP contribution is 2.28. The quantitative estimate of drug-likeness (QED) is 0.780. The molecule has 0 saturated heterocycles. The zero-order chi connectivity index (χ0) is 14.7. The summed E-state index contributed by atoms with van der Waals surface area (Å²) < 4.78 is 0. The minimum atomic E-state index is -0.305. The molecule has 5 nitrogen and oxygen atoms in total. The van der Waals surface area contributed by atoms with Gasteiger partial charge >= 0.3 is 0 Å². The fourth-order valence-electron chi connectivity index (χ4n) is 1.79. The van der Waals surface area contributed by atoms with E-state index in [-0.39, 0.29) is 11.5 Å². The molecule has 2 N–H and O–H groups in total. The molecule has 0 bridgehead atoms. The van der Waals surface area contributed by atoms with Crippen molar-refractivity contribution in [3.63, 3.8) is 0 Å². The molecule has 0 aliphatic rings. The van der Waals surface area contributed by atoms with Crippen LogP contribution >= 0.6 is 11.3 Å². The van der Waals surface area contributed by atoms with Crippen LogP contribution in [0.15, 0.2) is 59.7 Å². The molecule has 2 heterocycles. The lowest BCUT2D eigenvalue weighted by Gasteiger charge is -2.00. The molecule has 0 atom stereocenters. The molecule has 0 spiro atoms. The van der Waals surface area contributed by atoms with Crippen molar-refractivity contribution in [2.75, 3.05) is 5.32 Å². The summed E-state index contributed by atoms with van der Waals surface area (Å²) in [5.74, 6) is -0.305. The molecule has 2 aromatic heterocycles. The monoisotopic (exact) mass is 297 g/mol. The molecule has 0 fully saturated rings. The number of hydrogen-bond donors (Lipinski definition) is 2. The molecule has 0 aliphatic heterocycles. The van der Waals surface area contributed by atoms with Crippen molar-refractivity contribution in [2.45, 2.75) is 0 Å². The Labute approximate surface area is 124 Å². The number of benzene rings is 1. The minimum absolute atomic E-state index is 0.243. The van der Waals surface area contributed by atoms with Crippen molar-refractivity contribution in [1.29, 1.82) is 0 Å². The molecular weight excluding hydrogens is 286 g/mol. The van der Waals surface area contributed by atoms with Gasteiger partial charge in [-0.05, 0) is 11.6 Å². The van der Waals surface area contributed by atoms with Crippen LogP contribution in [0.3, 0.4) is 0 Å². The van der Waals surface area contributed by atoms with Crippen molar-refractivity contribution in [2.24, 2.45) is 0 Å². The summed E-state index contributed by atoms with van der Waals surface area (Å²) in [6.07, 6.45) is 3.10. The van der Waals surface area contributed by atoms with Gasteiger partial charge < -0.3 is 4.98 Å². The van der Waals surface area contributed by atoms with E-state index in [2.05, 4.69) is 15.3 Å². The van der Waals surface area contributed by atoms with Gasteiger partial charge in [0.05, 0.1) is 10.4 Å². The average Bonchev–Trinajstić information content (AvgIpc) is 2.97. The van der Waals surface area contributed by atoms with E-state index in [1.807, 2.05) is 30.3 Å². The number of hydrogen-bond acceptors (Lipinski definition) is 4. The van der Waals surface area contributed by atoms with E-state index in [4.69, 9.17) is 0 Å². The number of anilines is 1. The van der Waals surface area contributed by atoms with Gasteiger partial charge in [-0.25, -0.2) is 4.98 Å². The largest absolute Gasteiger partial charge is 0.328 e. The predicted molar refractivity (Wildman–Crippen MR) is 82.6 cm³/mol. The fraction of sp³-hybridized carbons (Fsp3) is 0. The lowest BCUT2D eigenvalue weighted by molar-refractivity contribution is 0.102. The molecule has 3 rings (SSSR count). The lowest BCUT2D eigenvalue weighted by atomic mass is 10.2. The Bertz CT molecular complexity index is 804. The SMILES string of the molecule is O=C(Nc1ncc(-c2ccccc2)s1)c1ccc(=O)[nH]c1. The first kappa shape index (κ1) is 13.3. The third-order valence-corrected chi connectivity index (χ3v) is 3.79. The summed E-state index contributed by atoms with van der Waals surface area (Å²) in [6.45, 7) is 0. The number of nitrogens with zero attached hydrogens (tertiary/aromatic N) is 1. The maximum atomic E-state index is 12.0. The number of H-pyrrole nitrogens is 1. The van der Waals surface area contributed by atoms with E-state index in [1.165, 1.54) is 29.7 Å². The van der Waals surface area contributed by atoms with E-state index < -0.39 is 0 Å². The van der Waals surface area contributed by atoms with Crippen LogP contribution in [0.2, 0.25) is 0 Å². The summed E-state index contributed by atoms with van der Waals surface area (Å²) >= 11 is 1.40. The summed E-state index contributed by atoms with van der Waals surface area (Å²) in [5, 5.41) is 3.23. The second-order valence-corrected chi connectivity index (χ2v) is 5.32. The molecular formula is C15H11N3O2S. The van der Waals surface area contributed by atoms with Crippen molar-refractivity contribution < 1.29 is 4.79 Å². The lowest BCUT2D eigenvalue weighted by Crippen LogP contribution is -2.14. The number of rotatable bonds is 3. The Morgan fingerprint density at radius 3 is 2.67 bits per heavy atom. The highest BCUT2D eigenvalue weighted by atomic mass is 32.1. The van der Waals surface area contributed by atoms with Crippen LogP contribution < -0.4 is 10.9 Å². The van der Waals surface area contributed by atoms with E-state index in [0.29, 0.717) is 10.7 Å². The number of nitrogens with one attached hydrogen (secondary N) is 2. The van der Waals surface area contributed by atoms with Crippen molar-refractivity contribution in [1.82, 2.24) is 9.97 Å². The Kier molecular flexibility index (Phi) is 3.61. The zero-order valence-corrected chi connectivity index (χ0v) is 11.7. The van der Waals surface area contributed by atoms with Crippen LogP contribution in [-0.4, -0.2) is 15.9 Å². The first-order chi connectivity index (χ1) is 10.2. The standard InChI is InChI=1S/C15H11N3O2S/c19-13-7-6-11(8-16-13)14(20)18-15-17-9-12(21-15)10-4-2-1-3-5-10/h1-9H,(H,16,19)(H,17,18,20). The van der Waals surface area contributed by atoms with Crippen LogP contribution in [0.25, 0.3) is 10.4 Å². The fourth-order valence-corrected chi connectivity index (χ4v) is 2.61. The van der Waals surface area contributed by atoms with Crippen LogP contribution in [0.5, 0.6) is 0 Å². The van der Waals surface area contributed by atoms with Gasteiger partial charge in [-0.15, -0.1) is 0 Å². The van der Waals surface area contributed by atoms with E-state index in [1.54, 1.807) is 6.20 Å². The van der Waals surface area contributed by atoms with Gasteiger partial charge in [0.2, 0.25) is 5.56 Å². The van der Waals surface area contributed by atoms with Crippen LogP contribution in [-0.2, 0) is 0 Å². The minimum Gasteiger partial charge on any atom is -0.328 e. The van der Waals surface area contributed by atoms with Gasteiger partial charge in [-0.1, -0.05) is 41.7 Å². The summed E-state index contributed by atoms with van der Waals surface area (Å²) in [5.41, 5.74) is 1.19. The molecule has 1 aromatic carbocycles. The number of pyridine rings is 1. The van der Waals surface area contributed by atoms with E-state index >= 15 is 0 Å². The topological polar surface area (TPSA) is 74.8 Å². The van der Waals surface area contributed by atoms with Crippen molar-refractivity contribution in [3.8, 4) is 10.4 Å². The molecule has 3 aromatic rings. The molecule has 0 saturated carbocycles. The highest BCUT2D eigenvalue weighted by molar-refractivity contribution is 7.19. The van der Waals surface area contributed by atoms with Gasteiger partial charge in [0.15, 0.2) is 5.13 Å². The molecule has 104 valence electrons. The molecule has 0 unspecified atom stereocenters. The highest BCUT2D eigenvalue weighted by Gasteiger charge is 2.09. The molecule has 21 heavy (non-hydrogen) atoms. The summed E-state index contributed by atoms with van der Waals surface area (Å²) in [6, 6.07) is 12.6. The molecule has 1 amide bonds. The van der Waals surface area contributed by atoms with Gasteiger partial charge in [0.1, 0.15) is 0 Å². The van der Waals surface area contributed by atoms with Gasteiger partial charge in [-0.2, -0.15) is 0 Å². The Balaban J connectivity index is 1.77. The predicted octanol–water partition coefficient (Wildman–Crippen LogP) is 2.75. The van der Waals surface area contributed by atoms with E-state index in [9.17, 15) is 9.59 Å². The number of aromatic amines is 1. The average molecular weight is 297 g/mol. The first-order valence-corrected chi connectivity index (χ1v) is 7.05. The zero-order valence-electron chi connectivity index (χ0n) is 10.9. The maximum Gasteiger partial charge on any atom is 0.258 e. The smallest absolute Gasteiger partial charge is 0.258 e. The normalized spacial score (nSPS) is 10.3. The van der Waals surface area contributed by atoms with Gasteiger partial charge in [0, 0.05) is 18.5 Å². The number of aromatic nitrogens is 2. The number of thiazole rings is 1. The van der Waals surface area contributed by atoms with E-state index in [0.717, 1.165) is 10.4 Å². The Morgan fingerprint density at radius 2 is 1.95 bits per heavy atom. The third-order valence-electron chi connectivity index (χ3n) is 2.83. The van der Waals surface area contributed by atoms with Crippen molar-refractivity contribution in [3.05, 3.63) is 70.8 Å². The van der Waals surface area contributed by atoms with Crippen LogP contribution in [0.1, 0.15) is 10.4 Å². The van der Waals surface area contributed by atoms with Crippen LogP contribution in [0.4, 0.5) is 5.13 Å². The maximum absolute atomic E-state index is 12.0. The number of carbonyl (C=O) groups excluding carboxylic acids is 1. The summed E-state index contributed by atoms with van der Waals surface area (Å²) in [4.78, 5) is 30.6. The van der Waals surface area contributed by atoms with Gasteiger partial charge in [-0.3, -0.25) is 14.9 Å². The first-order valence-electron chi connectivity index (χ1n) is 6.24. The number of amides is 1. The third kappa shape index (κ3) is 3.06. The summed E-state index contributed by atoms with van der Waals surface area (Å²) in [7, 11) is 0. The molecule has 0 radical (unpaired) electrons. The van der Waals surface area contributed by atoms with Crippen LogP contribution in [0, 0.1) is 0 Å². The second kappa shape index (κ2) is 5.72. The number of carbonyl (C=O) groups is 1. The van der Waals surface area contributed by atoms with Crippen molar-refractivity contribution >= 4 is 22.4 Å². The van der Waals surface area contributed by atoms with Gasteiger partial charge in [0.25, 0.3) is 5.91 Å². The Morgan fingerprint density at radius 1 is 1.14 bits per heavy atom. The Hall–Kier alpha value is -2.73. The second-order valence-electron chi connectivity index (χ2n) is 4.29. The molecule has 0 aliphatic carbocycles.